The van der Waals surface area contributed by atoms with Gasteiger partial charge in [-0.05, 0) is 50.9 Å². The predicted molar refractivity (Wildman–Crippen MR) is 61.9 cm³/mol. The van der Waals surface area contributed by atoms with Crippen molar-refractivity contribution in [3.8, 4) is 0 Å². The Kier molecular flexibility index (Phi) is 2.81. The van der Waals surface area contributed by atoms with Crippen molar-refractivity contribution in [1.82, 2.24) is 5.32 Å². The van der Waals surface area contributed by atoms with Crippen molar-refractivity contribution >= 4 is 0 Å². The summed E-state index contributed by atoms with van der Waals surface area (Å²) in [7, 11) is 1.92. The van der Waals surface area contributed by atoms with E-state index in [1.54, 1.807) is 0 Å². The fourth-order valence-electron chi connectivity index (χ4n) is 2.45. The smallest absolute Gasteiger partial charge is 0.0914 e. The van der Waals surface area contributed by atoms with Crippen LogP contribution in [0.5, 0.6) is 0 Å². The highest BCUT2D eigenvalue weighted by molar-refractivity contribution is 5.39. The summed E-state index contributed by atoms with van der Waals surface area (Å²) < 4.78 is 0. The van der Waals surface area contributed by atoms with Crippen LogP contribution in [0.1, 0.15) is 29.5 Å². The molecule has 0 spiro atoms. The van der Waals surface area contributed by atoms with Gasteiger partial charge in [-0.1, -0.05) is 23.8 Å². The fourth-order valence-corrected chi connectivity index (χ4v) is 2.45. The summed E-state index contributed by atoms with van der Waals surface area (Å²) in [5.41, 5.74) is 3.16. The summed E-state index contributed by atoms with van der Waals surface area (Å²) in [4.78, 5) is 0. The molecule has 0 radical (unpaired) electrons. The van der Waals surface area contributed by atoms with E-state index >= 15 is 0 Å². The van der Waals surface area contributed by atoms with Gasteiger partial charge in [0.05, 0.1) is 5.60 Å². The minimum Gasteiger partial charge on any atom is -0.385 e. The van der Waals surface area contributed by atoms with Crippen LogP contribution in [0.15, 0.2) is 18.2 Å². The Labute approximate surface area is 91.3 Å². The van der Waals surface area contributed by atoms with E-state index in [0.29, 0.717) is 0 Å². The van der Waals surface area contributed by atoms with Crippen LogP contribution in [0.2, 0.25) is 0 Å². The first kappa shape index (κ1) is 10.7. The van der Waals surface area contributed by atoms with Crippen LogP contribution in [0, 0.1) is 6.92 Å². The Morgan fingerprint density at radius 3 is 3.00 bits per heavy atom. The molecule has 0 bridgehead atoms. The quantitative estimate of drug-likeness (QED) is 0.787. The highest BCUT2D eigenvalue weighted by Gasteiger charge is 2.35. The summed E-state index contributed by atoms with van der Waals surface area (Å²) in [6.45, 7) is 2.97. The molecule has 1 aliphatic rings. The molecule has 0 aromatic heterocycles. The van der Waals surface area contributed by atoms with Crippen molar-refractivity contribution in [3.63, 3.8) is 0 Å². The zero-order chi connectivity index (χ0) is 10.9. The van der Waals surface area contributed by atoms with Crippen LogP contribution in [0.25, 0.3) is 0 Å². The number of rotatable bonds is 3. The molecule has 2 heteroatoms. The van der Waals surface area contributed by atoms with Gasteiger partial charge in [-0.3, -0.25) is 0 Å². The molecule has 0 fully saturated rings. The molecular weight excluding hydrogens is 186 g/mol. The lowest BCUT2D eigenvalue weighted by atomic mass is 9.92. The van der Waals surface area contributed by atoms with E-state index < -0.39 is 5.60 Å². The molecule has 15 heavy (non-hydrogen) atoms. The van der Waals surface area contributed by atoms with Gasteiger partial charge in [0.1, 0.15) is 0 Å². The van der Waals surface area contributed by atoms with Crippen LogP contribution in [-0.2, 0) is 12.0 Å². The molecule has 1 aromatic carbocycles. The first-order valence-electron chi connectivity index (χ1n) is 5.63. The molecule has 1 atom stereocenters. The Hall–Kier alpha value is -0.860. The van der Waals surface area contributed by atoms with Crippen molar-refractivity contribution in [2.45, 2.75) is 31.8 Å². The molecule has 1 aliphatic carbocycles. The monoisotopic (exact) mass is 205 g/mol. The lowest BCUT2D eigenvalue weighted by molar-refractivity contribution is 0.0303. The van der Waals surface area contributed by atoms with Crippen LogP contribution in [-0.4, -0.2) is 18.7 Å². The summed E-state index contributed by atoms with van der Waals surface area (Å²) in [6.07, 6.45) is 2.68. The second kappa shape index (κ2) is 3.95. The van der Waals surface area contributed by atoms with E-state index in [-0.39, 0.29) is 0 Å². The standard InChI is InChI=1S/C13H19NO/c1-10-3-4-12-11(9-10)5-6-13(12,15)7-8-14-2/h3-4,9,14-15H,5-8H2,1-2H3. The number of hydrogen-bond donors (Lipinski definition) is 2. The molecule has 1 aromatic rings. The van der Waals surface area contributed by atoms with Gasteiger partial charge in [0, 0.05) is 0 Å². The average Bonchev–Trinajstić information content (AvgIpc) is 2.54. The van der Waals surface area contributed by atoms with Crippen LogP contribution in [0.4, 0.5) is 0 Å². The summed E-state index contributed by atoms with van der Waals surface area (Å²) >= 11 is 0. The molecule has 0 saturated heterocycles. The third-order valence-corrected chi connectivity index (χ3v) is 3.36. The van der Waals surface area contributed by atoms with E-state index in [0.717, 1.165) is 31.4 Å². The van der Waals surface area contributed by atoms with Crippen LogP contribution >= 0.6 is 0 Å². The van der Waals surface area contributed by atoms with E-state index in [1.807, 2.05) is 7.05 Å². The molecule has 0 heterocycles. The SMILES string of the molecule is CNCCC1(O)CCc2cc(C)ccc21. The Balaban J connectivity index is 2.27. The lowest BCUT2D eigenvalue weighted by Gasteiger charge is -2.23. The summed E-state index contributed by atoms with van der Waals surface area (Å²) in [5.74, 6) is 0. The maximum atomic E-state index is 10.5. The number of aryl methyl sites for hydroxylation is 2. The van der Waals surface area contributed by atoms with Gasteiger partial charge in [0.25, 0.3) is 0 Å². The lowest BCUT2D eigenvalue weighted by Crippen LogP contribution is -2.27. The van der Waals surface area contributed by atoms with Gasteiger partial charge in [-0.15, -0.1) is 0 Å². The number of benzene rings is 1. The molecular formula is C13H19NO. The number of fused-ring (bicyclic) bond motifs is 1. The molecule has 0 amide bonds. The molecule has 0 saturated carbocycles. The molecule has 2 nitrogen and oxygen atoms in total. The zero-order valence-corrected chi connectivity index (χ0v) is 9.51. The van der Waals surface area contributed by atoms with Crippen molar-refractivity contribution in [2.24, 2.45) is 0 Å². The summed E-state index contributed by atoms with van der Waals surface area (Å²) in [5, 5.41) is 13.6. The van der Waals surface area contributed by atoms with Gasteiger partial charge in [0.15, 0.2) is 0 Å². The van der Waals surface area contributed by atoms with Crippen molar-refractivity contribution in [1.29, 1.82) is 0 Å². The Morgan fingerprint density at radius 2 is 2.27 bits per heavy atom. The van der Waals surface area contributed by atoms with E-state index in [2.05, 4.69) is 30.4 Å². The maximum absolute atomic E-state index is 10.5. The van der Waals surface area contributed by atoms with E-state index in [1.165, 1.54) is 11.1 Å². The van der Waals surface area contributed by atoms with Crippen molar-refractivity contribution in [3.05, 3.63) is 34.9 Å². The van der Waals surface area contributed by atoms with Crippen LogP contribution < -0.4 is 5.32 Å². The molecule has 2 rings (SSSR count). The number of hydrogen-bond acceptors (Lipinski definition) is 2. The Morgan fingerprint density at radius 1 is 1.47 bits per heavy atom. The fraction of sp³-hybridized carbons (Fsp3) is 0.538. The van der Waals surface area contributed by atoms with Gasteiger partial charge < -0.3 is 10.4 Å². The van der Waals surface area contributed by atoms with Gasteiger partial charge in [0.2, 0.25) is 0 Å². The normalized spacial score (nSPS) is 24.2. The van der Waals surface area contributed by atoms with Gasteiger partial charge in [-0.2, -0.15) is 0 Å². The summed E-state index contributed by atoms with van der Waals surface area (Å²) in [6, 6.07) is 6.38. The topological polar surface area (TPSA) is 32.3 Å². The molecule has 1 unspecified atom stereocenters. The third kappa shape index (κ3) is 1.92. The molecule has 82 valence electrons. The van der Waals surface area contributed by atoms with Gasteiger partial charge >= 0.3 is 0 Å². The largest absolute Gasteiger partial charge is 0.385 e. The molecule has 0 aliphatic heterocycles. The Bertz CT molecular complexity index is 362. The zero-order valence-electron chi connectivity index (χ0n) is 9.51. The third-order valence-electron chi connectivity index (χ3n) is 3.36. The van der Waals surface area contributed by atoms with Crippen LogP contribution in [0.3, 0.4) is 0 Å². The first-order valence-corrected chi connectivity index (χ1v) is 5.63. The van der Waals surface area contributed by atoms with E-state index in [9.17, 15) is 5.11 Å². The van der Waals surface area contributed by atoms with Crippen molar-refractivity contribution < 1.29 is 5.11 Å². The minimum absolute atomic E-state index is 0.591. The average molecular weight is 205 g/mol. The van der Waals surface area contributed by atoms with Crippen molar-refractivity contribution in [2.75, 3.05) is 13.6 Å². The highest BCUT2D eigenvalue weighted by atomic mass is 16.3. The van der Waals surface area contributed by atoms with Gasteiger partial charge in [-0.25, -0.2) is 0 Å². The number of aliphatic hydroxyl groups is 1. The second-order valence-corrected chi connectivity index (χ2v) is 4.55. The molecule has 2 N–H and O–H groups in total. The highest BCUT2D eigenvalue weighted by Crippen LogP contribution is 2.39. The minimum atomic E-state index is -0.591. The van der Waals surface area contributed by atoms with E-state index in [4.69, 9.17) is 0 Å². The first-order chi connectivity index (χ1) is 7.15. The number of nitrogens with one attached hydrogen (secondary N) is 1. The maximum Gasteiger partial charge on any atom is 0.0914 e. The second-order valence-electron chi connectivity index (χ2n) is 4.55. The predicted octanol–water partition coefficient (Wildman–Crippen LogP) is 1.74.